The summed E-state index contributed by atoms with van der Waals surface area (Å²) in [6.45, 7) is 7.05. The predicted octanol–water partition coefficient (Wildman–Crippen LogP) is 5.13. The molecule has 0 spiro atoms. The summed E-state index contributed by atoms with van der Waals surface area (Å²) < 4.78 is 0. The second-order valence-electron chi connectivity index (χ2n) is 4.08. The maximum absolute atomic E-state index is 2.35. The van der Waals surface area contributed by atoms with Crippen molar-refractivity contribution in [1.82, 2.24) is 0 Å². The van der Waals surface area contributed by atoms with Gasteiger partial charge in [0.25, 0.3) is 0 Å². The average Bonchev–Trinajstić information content (AvgIpc) is 2.46. The van der Waals surface area contributed by atoms with Crippen LogP contribution < -0.4 is 0 Å². The highest BCUT2D eigenvalue weighted by molar-refractivity contribution is 4.81. The first-order chi connectivity index (χ1) is 5.31. The van der Waals surface area contributed by atoms with Gasteiger partial charge in [-0.15, -0.1) is 0 Å². The monoisotopic (exact) mass is 186 g/mol. The zero-order valence-electron chi connectivity index (χ0n) is 8.27. The first-order valence-electron chi connectivity index (χ1n) is 5.31. The van der Waals surface area contributed by atoms with Crippen LogP contribution in [0.25, 0.3) is 0 Å². The highest BCUT2D eigenvalue weighted by Crippen LogP contribution is 2.41. The molecule has 3 atom stereocenters. The Labute approximate surface area is 86.1 Å². The van der Waals surface area contributed by atoms with Crippen LogP contribution in [0.2, 0.25) is 0 Å². The van der Waals surface area contributed by atoms with E-state index in [0.717, 1.165) is 17.8 Å². The third kappa shape index (κ3) is 3.70. The average molecular weight is 186 g/mol. The fourth-order valence-electron chi connectivity index (χ4n) is 2.67. The SMILES string of the molecule is C.C.CCC1CC(CC)[C@H](CC)C1. The van der Waals surface area contributed by atoms with E-state index in [1.807, 2.05) is 0 Å². The van der Waals surface area contributed by atoms with Gasteiger partial charge < -0.3 is 0 Å². The van der Waals surface area contributed by atoms with Crippen molar-refractivity contribution in [1.29, 1.82) is 0 Å². The molecule has 0 aromatic carbocycles. The number of hydrogen-bond donors (Lipinski definition) is 0. The first-order valence-corrected chi connectivity index (χ1v) is 5.31. The molecule has 0 aromatic heterocycles. The molecule has 1 fully saturated rings. The van der Waals surface area contributed by atoms with Crippen molar-refractivity contribution >= 4 is 0 Å². The maximum atomic E-state index is 2.35. The summed E-state index contributed by atoms with van der Waals surface area (Å²) in [6, 6.07) is 0. The van der Waals surface area contributed by atoms with Gasteiger partial charge in [-0.2, -0.15) is 0 Å². The van der Waals surface area contributed by atoms with Crippen LogP contribution in [0.1, 0.15) is 67.7 Å². The molecule has 0 amide bonds. The molecule has 0 aromatic rings. The van der Waals surface area contributed by atoms with Gasteiger partial charge in [0, 0.05) is 0 Å². The standard InChI is InChI=1S/C11H22.2CH4/c1-4-9-7-10(5-2)11(6-3)8-9;;/h9-11H,4-8H2,1-3H3;2*1H4/t9?,10-,11?;;/m1../s1. The van der Waals surface area contributed by atoms with E-state index in [4.69, 9.17) is 0 Å². The Hall–Kier alpha value is 0. The lowest BCUT2D eigenvalue weighted by atomic mass is 9.92. The van der Waals surface area contributed by atoms with Gasteiger partial charge in [0.05, 0.1) is 0 Å². The van der Waals surface area contributed by atoms with E-state index in [1.165, 1.54) is 32.1 Å². The Morgan fingerprint density at radius 2 is 1.15 bits per heavy atom. The van der Waals surface area contributed by atoms with E-state index in [-0.39, 0.29) is 14.9 Å². The minimum absolute atomic E-state index is 0. The van der Waals surface area contributed by atoms with E-state index in [1.54, 1.807) is 0 Å². The van der Waals surface area contributed by atoms with Crippen molar-refractivity contribution in [3.63, 3.8) is 0 Å². The van der Waals surface area contributed by atoms with E-state index >= 15 is 0 Å². The molecule has 0 N–H and O–H groups in total. The van der Waals surface area contributed by atoms with Crippen molar-refractivity contribution in [2.24, 2.45) is 17.8 Å². The normalized spacial score (nSPS) is 32.1. The molecule has 0 saturated heterocycles. The molecule has 1 aliphatic carbocycles. The van der Waals surface area contributed by atoms with Crippen LogP contribution >= 0.6 is 0 Å². The minimum atomic E-state index is 0. The van der Waals surface area contributed by atoms with Gasteiger partial charge >= 0.3 is 0 Å². The van der Waals surface area contributed by atoms with E-state index < -0.39 is 0 Å². The summed E-state index contributed by atoms with van der Waals surface area (Å²) in [7, 11) is 0. The van der Waals surface area contributed by atoms with Gasteiger partial charge in [-0.1, -0.05) is 54.9 Å². The summed E-state index contributed by atoms with van der Waals surface area (Å²) >= 11 is 0. The molecule has 2 unspecified atom stereocenters. The zero-order valence-corrected chi connectivity index (χ0v) is 8.27. The van der Waals surface area contributed by atoms with Gasteiger partial charge in [0.2, 0.25) is 0 Å². The van der Waals surface area contributed by atoms with Crippen LogP contribution in [0.15, 0.2) is 0 Å². The molecular formula is C13H30. The Morgan fingerprint density at radius 1 is 0.769 bits per heavy atom. The highest BCUT2D eigenvalue weighted by Gasteiger charge is 2.30. The molecule has 0 aliphatic heterocycles. The van der Waals surface area contributed by atoms with Crippen LogP contribution in [-0.2, 0) is 0 Å². The van der Waals surface area contributed by atoms with Crippen LogP contribution in [0.5, 0.6) is 0 Å². The minimum Gasteiger partial charge on any atom is -0.0776 e. The molecule has 13 heavy (non-hydrogen) atoms. The van der Waals surface area contributed by atoms with E-state index in [2.05, 4.69) is 20.8 Å². The van der Waals surface area contributed by atoms with Gasteiger partial charge in [0.1, 0.15) is 0 Å². The molecule has 0 heterocycles. The first kappa shape index (κ1) is 15.5. The molecule has 0 heteroatoms. The molecule has 82 valence electrons. The molecule has 1 aliphatic rings. The van der Waals surface area contributed by atoms with Crippen molar-refractivity contribution in [3.05, 3.63) is 0 Å². The fourth-order valence-corrected chi connectivity index (χ4v) is 2.67. The summed E-state index contributed by atoms with van der Waals surface area (Å²) in [6.07, 6.45) is 7.27. The van der Waals surface area contributed by atoms with Crippen molar-refractivity contribution in [2.75, 3.05) is 0 Å². The predicted molar refractivity (Wildman–Crippen MR) is 64.0 cm³/mol. The van der Waals surface area contributed by atoms with Gasteiger partial charge in [-0.05, 0) is 30.6 Å². The third-order valence-corrected chi connectivity index (χ3v) is 3.56. The second-order valence-corrected chi connectivity index (χ2v) is 4.08. The molecular weight excluding hydrogens is 156 g/mol. The summed E-state index contributed by atoms with van der Waals surface area (Å²) in [4.78, 5) is 0. The Balaban J connectivity index is 0. The van der Waals surface area contributed by atoms with Crippen LogP contribution in [0.3, 0.4) is 0 Å². The quantitative estimate of drug-likeness (QED) is 0.573. The second kappa shape index (κ2) is 7.41. The highest BCUT2D eigenvalue weighted by atomic mass is 14.4. The lowest BCUT2D eigenvalue weighted by Gasteiger charge is -2.14. The van der Waals surface area contributed by atoms with Gasteiger partial charge in [-0.25, -0.2) is 0 Å². The van der Waals surface area contributed by atoms with Gasteiger partial charge in [-0.3, -0.25) is 0 Å². The maximum Gasteiger partial charge on any atom is -0.0386 e. The third-order valence-electron chi connectivity index (χ3n) is 3.56. The van der Waals surface area contributed by atoms with E-state index in [9.17, 15) is 0 Å². The Kier molecular flexibility index (Phi) is 8.82. The summed E-state index contributed by atoms with van der Waals surface area (Å²) in [5.41, 5.74) is 0. The lowest BCUT2D eigenvalue weighted by Crippen LogP contribution is -2.04. The smallest absolute Gasteiger partial charge is 0.0386 e. The molecule has 0 nitrogen and oxygen atoms in total. The van der Waals surface area contributed by atoms with Crippen LogP contribution in [0.4, 0.5) is 0 Å². The van der Waals surface area contributed by atoms with Crippen molar-refractivity contribution in [2.45, 2.75) is 67.7 Å². The summed E-state index contributed by atoms with van der Waals surface area (Å²) in [5.74, 6) is 3.18. The number of rotatable bonds is 3. The van der Waals surface area contributed by atoms with Crippen molar-refractivity contribution < 1.29 is 0 Å². The molecule has 1 rings (SSSR count). The Morgan fingerprint density at radius 3 is 1.38 bits per heavy atom. The van der Waals surface area contributed by atoms with E-state index in [0.29, 0.717) is 0 Å². The molecule has 1 saturated carbocycles. The lowest BCUT2D eigenvalue weighted by molar-refractivity contribution is 0.367. The molecule has 0 bridgehead atoms. The summed E-state index contributed by atoms with van der Waals surface area (Å²) in [5, 5.41) is 0. The zero-order chi connectivity index (χ0) is 8.27. The van der Waals surface area contributed by atoms with Crippen LogP contribution in [-0.4, -0.2) is 0 Å². The van der Waals surface area contributed by atoms with Crippen LogP contribution in [0, 0.1) is 17.8 Å². The fraction of sp³-hybridized carbons (Fsp3) is 1.00. The number of hydrogen-bond acceptors (Lipinski definition) is 0. The molecule has 0 radical (unpaired) electrons. The Bertz CT molecular complexity index is 94.6. The van der Waals surface area contributed by atoms with Gasteiger partial charge in [0.15, 0.2) is 0 Å². The topological polar surface area (TPSA) is 0 Å². The largest absolute Gasteiger partial charge is 0.0776 e. The van der Waals surface area contributed by atoms with Crippen molar-refractivity contribution in [3.8, 4) is 0 Å².